The fraction of sp³-hybridized carbons (Fsp3) is 0.500. The summed E-state index contributed by atoms with van der Waals surface area (Å²) >= 11 is 6.08. The Kier molecular flexibility index (Phi) is 4.85. The third-order valence-electron chi connectivity index (χ3n) is 3.13. The quantitative estimate of drug-likeness (QED) is 0.373. The van der Waals surface area contributed by atoms with Gasteiger partial charge < -0.3 is 14.4 Å². The van der Waals surface area contributed by atoms with Crippen LogP contribution in [0.15, 0.2) is 12.1 Å². The van der Waals surface area contributed by atoms with Gasteiger partial charge in [-0.25, -0.2) is 0 Å². The summed E-state index contributed by atoms with van der Waals surface area (Å²) in [5.74, 6) is 0.469. The van der Waals surface area contributed by atoms with Gasteiger partial charge in [0.15, 0.2) is 0 Å². The molecule has 1 aromatic rings. The Hall–Kier alpha value is -1.31. The van der Waals surface area contributed by atoms with E-state index in [-0.39, 0.29) is 0 Å². The van der Waals surface area contributed by atoms with E-state index in [1.54, 1.807) is 12.1 Å². The van der Waals surface area contributed by atoms with Crippen molar-refractivity contribution in [2.45, 2.75) is 25.9 Å². The fourth-order valence-corrected chi connectivity index (χ4v) is 2.47. The second-order valence-electron chi connectivity index (χ2n) is 4.57. The topological polar surface area (TPSA) is 81.8 Å². The Morgan fingerprint density at radius 2 is 2.35 bits per heavy atom. The van der Waals surface area contributed by atoms with Gasteiger partial charge in [0, 0.05) is 21.0 Å². The van der Waals surface area contributed by atoms with E-state index in [0.29, 0.717) is 28.4 Å². The molecule has 6 nitrogen and oxygen atoms in total. The molecule has 1 N–H and O–H groups in total. The highest BCUT2D eigenvalue weighted by molar-refractivity contribution is 6.63. The largest absolute Gasteiger partial charge is 0.496 e. The first-order valence-corrected chi connectivity index (χ1v) is 6.82. The third kappa shape index (κ3) is 3.05. The lowest BCUT2D eigenvalue weighted by molar-refractivity contribution is -0.490. The van der Waals surface area contributed by atoms with E-state index in [2.05, 4.69) is 0 Å². The van der Waals surface area contributed by atoms with Crippen LogP contribution in [0.4, 0.5) is 0 Å². The lowest BCUT2D eigenvalue weighted by atomic mass is 9.78. The van der Waals surface area contributed by atoms with Gasteiger partial charge in [0.25, 0.3) is 0 Å². The number of hydrogen-bond acceptors (Lipinski definition) is 5. The summed E-state index contributed by atoms with van der Waals surface area (Å²) in [4.78, 5) is 10.2. The monoisotopic (exact) mass is 299 g/mol. The fourth-order valence-electron chi connectivity index (χ4n) is 2.19. The average Bonchev–Trinajstić information content (AvgIpc) is 2.70. The van der Waals surface area contributed by atoms with Crippen molar-refractivity contribution in [1.82, 2.24) is 0 Å². The van der Waals surface area contributed by atoms with Gasteiger partial charge in [-0.2, -0.15) is 0 Å². The van der Waals surface area contributed by atoms with Crippen molar-refractivity contribution < 1.29 is 19.3 Å². The highest BCUT2D eigenvalue weighted by Gasteiger charge is 2.41. The van der Waals surface area contributed by atoms with Crippen LogP contribution in [0.1, 0.15) is 31.4 Å². The van der Waals surface area contributed by atoms with Crippen molar-refractivity contribution >= 4 is 24.2 Å². The maximum atomic E-state index is 10.6. The van der Waals surface area contributed by atoms with Crippen LogP contribution in [-0.4, -0.2) is 30.2 Å². The van der Waals surface area contributed by atoms with E-state index in [0.717, 1.165) is 12.8 Å². The van der Waals surface area contributed by atoms with E-state index in [1.807, 2.05) is 6.92 Å². The number of nitro groups is 1. The summed E-state index contributed by atoms with van der Waals surface area (Å²) in [6.07, 6.45) is 1.02. The minimum Gasteiger partial charge on any atom is -0.494 e. The molecule has 0 radical (unpaired) electrons. The van der Waals surface area contributed by atoms with Gasteiger partial charge in [-0.05, 0) is 18.6 Å². The average molecular weight is 300 g/mol. The summed E-state index contributed by atoms with van der Waals surface area (Å²) in [7, 11) is -1.25. The lowest BCUT2D eigenvalue weighted by Gasteiger charge is -2.12. The molecule has 0 aliphatic carbocycles. The van der Waals surface area contributed by atoms with Gasteiger partial charge in [-0.15, -0.1) is 0 Å². The summed E-state index contributed by atoms with van der Waals surface area (Å²) in [6, 6.07) is 3.26. The van der Waals surface area contributed by atoms with Gasteiger partial charge in [-0.3, -0.25) is 10.1 Å². The highest BCUT2D eigenvalue weighted by Crippen LogP contribution is 2.33. The Labute approximate surface area is 121 Å². The van der Waals surface area contributed by atoms with Crippen molar-refractivity contribution in [3.8, 4) is 5.75 Å². The van der Waals surface area contributed by atoms with Gasteiger partial charge >= 0.3 is 7.12 Å². The Morgan fingerprint density at radius 1 is 1.60 bits per heavy atom. The molecule has 0 saturated carbocycles. The first-order valence-electron chi connectivity index (χ1n) is 6.45. The second-order valence-corrected chi connectivity index (χ2v) is 4.97. The van der Waals surface area contributed by atoms with Crippen molar-refractivity contribution in [2.24, 2.45) is 0 Å². The summed E-state index contributed by atoms with van der Waals surface area (Å²) in [5, 5.41) is 20.9. The molecule has 0 spiro atoms. The zero-order valence-electron chi connectivity index (χ0n) is 11.0. The Balaban J connectivity index is 2.31. The second kappa shape index (κ2) is 6.43. The van der Waals surface area contributed by atoms with Crippen LogP contribution in [0.25, 0.3) is 0 Å². The summed E-state index contributed by atoms with van der Waals surface area (Å²) < 4.78 is 10.8. The molecule has 1 aliphatic rings. The molecule has 0 amide bonds. The van der Waals surface area contributed by atoms with E-state index in [1.165, 1.54) is 0 Å². The minimum absolute atomic E-state index is 0.339. The number of nitrogens with zero attached hydrogens (tertiary/aromatic N) is 1. The molecule has 1 heterocycles. The van der Waals surface area contributed by atoms with Gasteiger partial charge in [0.2, 0.25) is 6.54 Å². The molecule has 1 unspecified atom stereocenters. The number of rotatable bonds is 6. The van der Waals surface area contributed by atoms with E-state index >= 15 is 0 Å². The molecule has 0 aromatic heterocycles. The molecular weight excluding hydrogens is 284 g/mol. The summed E-state index contributed by atoms with van der Waals surface area (Å²) in [6.45, 7) is 2.11. The molecule has 0 fully saturated rings. The van der Waals surface area contributed by atoms with E-state index in [9.17, 15) is 15.1 Å². The smallest absolute Gasteiger partial charge is 0.494 e. The van der Waals surface area contributed by atoms with Crippen LogP contribution < -0.4 is 10.2 Å². The zero-order chi connectivity index (χ0) is 14.7. The maximum Gasteiger partial charge on any atom is 0.496 e. The molecular formula is C12H15BClNO5. The highest BCUT2D eigenvalue weighted by atomic mass is 35.5. The molecule has 1 aliphatic heterocycles. The molecule has 0 saturated heterocycles. The van der Waals surface area contributed by atoms with Gasteiger partial charge in [0.1, 0.15) is 11.9 Å². The number of benzene rings is 1. The molecule has 1 aromatic carbocycles. The number of fused-ring (bicyclic) bond motifs is 1. The third-order valence-corrected chi connectivity index (χ3v) is 3.46. The van der Waals surface area contributed by atoms with Crippen molar-refractivity contribution in [3.63, 3.8) is 0 Å². The predicted molar refractivity (Wildman–Crippen MR) is 75.1 cm³/mol. The number of hydrogen-bond donors (Lipinski definition) is 1. The van der Waals surface area contributed by atoms with Crippen LogP contribution >= 0.6 is 11.6 Å². The van der Waals surface area contributed by atoms with Gasteiger partial charge in [-0.1, -0.05) is 24.9 Å². The van der Waals surface area contributed by atoms with Crippen LogP contribution in [0, 0.1) is 10.1 Å². The zero-order valence-corrected chi connectivity index (χ0v) is 11.8. The Morgan fingerprint density at radius 3 is 3.00 bits per heavy atom. The maximum absolute atomic E-state index is 10.6. The SMILES string of the molecule is CCCCOc1ccc(Cl)c2c1B(O)OC2C[N+](=O)[O-]. The van der Waals surface area contributed by atoms with Crippen LogP contribution in [0.2, 0.25) is 5.02 Å². The molecule has 1 atom stereocenters. The van der Waals surface area contributed by atoms with Crippen molar-refractivity contribution in [1.29, 1.82) is 0 Å². The van der Waals surface area contributed by atoms with Crippen LogP contribution in [0.5, 0.6) is 5.75 Å². The normalized spacial score (nSPS) is 17.1. The number of unbranched alkanes of at least 4 members (excludes halogenated alkanes) is 1. The van der Waals surface area contributed by atoms with Crippen LogP contribution in [0.3, 0.4) is 0 Å². The molecule has 20 heavy (non-hydrogen) atoms. The van der Waals surface area contributed by atoms with Gasteiger partial charge in [0.05, 0.1) is 6.61 Å². The minimum atomic E-state index is -1.25. The summed E-state index contributed by atoms with van der Waals surface area (Å²) in [5.41, 5.74) is 0.852. The molecule has 108 valence electrons. The molecule has 0 bridgehead atoms. The first-order chi connectivity index (χ1) is 9.54. The standard InChI is InChI=1S/C12H15BClNO5/c1-2-3-6-19-9-5-4-8(14)11-10(7-15(17)18)20-13(16)12(9)11/h4-5,10,16H,2-3,6-7H2,1H3. The van der Waals surface area contributed by atoms with Crippen molar-refractivity contribution in [3.05, 3.63) is 32.8 Å². The lowest BCUT2D eigenvalue weighted by Crippen LogP contribution is -2.30. The van der Waals surface area contributed by atoms with Crippen molar-refractivity contribution in [2.75, 3.05) is 13.2 Å². The van der Waals surface area contributed by atoms with E-state index in [4.69, 9.17) is 21.0 Å². The van der Waals surface area contributed by atoms with E-state index < -0.39 is 24.7 Å². The number of ether oxygens (including phenoxy) is 1. The molecule has 2 rings (SSSR count). The predicted octanol–water partition coefficient (Wildman–Crippen LogP) is 1.55. The number of halogens is 1. The molecule has 8 heteroatoms. The first kappa shape index (κ1) is 15.1. The van der Waals surface area contributed by atoms with Crippen LogP contribution in [-0.2, 0) is 4.65 Å². The Bertz CT molecular complexity index is 513.